The van der Waals surface area contributed by atoms with E-state index in [1.54, 1.807) is 13.8 Å². The van der Waals surface area contributed by atoms with Crippen molar-refractivity contribution >= 4 is 101 Å². The molecule has 0 amide bonds. The predicted octanol–water partition coefficient (Wildman–Crippen LogP) is -1.21. The zero-order valence-corrected chi connectivity index (χ0v) is 6.37. The van der Waals surface area contributed by atoms with Gasteiger partial charge in [0.1, 0.15) is 0 Å². The molecule has 0 atom stereocenters. The van der Waals surface area contributed by atoms with Gasteiger partial charge in [-0.15, -0.1) is 0 Å². The fourth-order valence-corrected chi connectivity index (χ4v) is 0.608. The molecular weight excluding hydrogens is 217 g/mol. The van der Waals surface area contributed by atoms with Gasteiger partial charge in [0.25, 0.3) is 0 Å². The average molecular weight is 230 g/mol. The van der Waals surface area contributed by atoms with Crippen LogP contribution in [0.5, 0.6) is 0 Å². The van der Waals surface area contributed by atoms with Crippen LogP contribution < -0.4 is 0 Å². The molecule has 68 valence electrons. The van der Waals surface area contributed by atoms with Crippen molar-refractivity contribution in [2.24, 2.45) is 5.92 Å². The number of hydrogen-bond acceptors (Lipinski definition) is 2. The number of hydrogen-bond donors (Lipinski definition) is 2. The van der Waals surface area contributed by atoms with Gasteiger partial charge in [-0.2, -0.15) is 0 Å². The van der Waals surface area contributed by atoms with E-state index in [0.717, 1.165) is 0 Å². The van der Waals surface area contributed by atoms with E-state index in [-0.39, 0.29) is 100 Å². The zero-order chi connectivity index (χ0) is 9.02. The Labute approximate surface area is 149 Å². The fraction of sp³-hybridized carbons (Fsp3) is 0.429. The molecule has 7 heteroatoms. The topological polar surface area (TPSA) is 74.6 Å². The fourth-order valence-electron chi connectivity index (χ4n) is 0.608. The summed E-state index contributed by atoms with van der Waals surface area (Å²) in [5.41, 5.74) is -0.0856. The minimum absolute atomic E-state index is 0. The van der Waals surface area contributed by atoms with Crippen LogP contribution in [0.1, 0.15) is 13.8 Å². The van der Waals surface area contributed by atoms with Gasteiger partial charge in [0.05, 0.1) is 0 Å². The number of carbonyl (C=O) groups is 2. The molecule has 0 unspecified atom stereocenters. The molecule has 0 fully saturated rings. The van der Waals surface area contributed by atoms with Crippen molar-refractivity contribution in [2.45, 2.75) is 13.8 Å². The van der Waals surface area contributed by atoms with Crippen LogP contribution in [-0.2, 0) is 9.59 Å². The first-order valence-corrected chi connectivity index (χ1v) is 3.13. The van der Waals surface area contributed by atoms with E-state index < -0.39 is 11.9 Å². The second-order valence-corrected chi connectivity index (χ2v) is 2.40. The molecule has 14 heavy (non-hydrogen) atoms. The zero-order valence-electron chi connectivity index (χ0n) is 6.37. The Morgan fingerprint density at radius 2 is 1.43 bits per heavy atom. The van der Waals surface area contributed by atoms with E-state index in [4.69, 9.17) is 10.2 Å². The van der Waals surface area contributed by atoms with Crippen molar-refractivity contribution < 1.29 is 19.8 Å². The van der Waals surface area contributed by atoms with Crippen LogP contribution >= 0.6 is 0 Å². The molecule has 0 aliphatic carbocycles. The molecule has 0 radical (unpaired) electrons. The summed E-state index contributed by atoms with van der Waals surface area (Å²) in [4.78, 5) is 20.4. The molecule has 0 spiro atoms. The molecule has 0 aromatic rings. The second-order valence-electron chi connectivity index (χ2n) is 2.40. The second kappa shape index (κ2) is 12.7. The molecule has 0 saturated carbocycles. The first kappa shape index (κ1) is 24.8. The predicted molar refractivity (Wildman–Crippen MR) is 59.6 cm³/mol. The molecule has 0 rings (SSSR count). The first-order chi connectivity index (χ1) is 4.95. The standard InChI is InChI=1S/C7H10O4.3Na.3H/c1-4(2)5(7(10)11)3-6(8)9;;;;;;/h3-4H,1-2H3,(H,8,9)(H,10,11);;;;;;/b5-3-;;;;;;. The molecule has 4 nitrogen and oxygen atoms in total. The van der Waals surface area contributed by atoms with Crippen LogP contribution in [0.15, 0.2) is 11.6 Å². The molecular formula is C7H13Na3O4. The normalized spacial score (nSPS) is 9.21. The summed E-state index contributed by atoms with van der Waals surface area (Å²) in [7, 11) is 0. The van der Waals surface area contributed by atoms with E-state index in [0.29, 0.717) is 6.08 Å². The summed E-state index contributed by atoms with van der Waals surface area (Å²) in [5, 5.41) is 16.7. The van der Waals surface area contributed by atoms with E-state index >= 15 is 0 Å². The maximum absolute atomic E-state index is 10.3. The van der Waals surface area contributed by atoms with Crippen molar-refractivity contribution in [1.82, 2.24) is 0 Å². The summed E-state index contributed by atoms with van der Waals surface area (Å²) in [6.07, 6.45) is 0.715. The van der Waals surface area contributed by atoms with Crippen molar-refractivity contribution in [3.8, 4) is 0 Å². The summed E-state index contributed by atoms with van der Waals surface area (Å²) < 4.78 is 0. The first-order valence-electron chi connectivity index (χ1n) is 3.13. The molecule has 0 saturated heterocycles. The van der Waals surface area contributed by atoms with Gasteiger partial charge >= 0.3 is 101 Å². The number of aliphatic carboxylic acids is 2. The Morgan fingerprint density at radius 3 is 1.50 bits per heavy atom. The number of rotatable bonds is 3. The number of carboxylic acid groups (broad SMARTS) is 2. The summed E-state index contributed by atoms with van der Waals surface area (Å²) in [6.45, 7) is 3.26. The van der Waals surface area contributed by atoms with E-state index in [1.165, 1.54) is 0 Å². The summed E-state index contributed by atoms with van der Waals surface area (Å²) >= 11 is 0. The van der Waals surface area contributed by atoms with Crippen molar-refractivity contribution in [1.29, 1.82) is 0 Å². The van der Waals surface area contributed by atoms with Gasteiger partial charge < -0.3 is 10.2 Å². The SMILES string of the molecule is CC(C)/C(=C/C(=O)O)C(=O)O.[NaH].[NaH].[NaH]. The molecule has 0 heterocycles. The van der Waals surface area contributed by atoms with Crippen molar-refractivity contribution in [3.63, 3.8) is 0 Å². The molecule has 0 aromatic carbocycles. The van der Waals surface area contributed by atoms with Crippen LogP contribution in [-0.4, -0.2) is 111 Å². The summed E-state index contributed by atoms with van der Waals surface area (Å²) in [5.74, 6) is -2.68. The quantitative estimate of drug-likeness (QED) is 0.471. The van der Waals surface area contributed by atoms with Crippen molar-refractivity contribution in [2.75, 3.05) is 0 Å². The van der Waals surface area contributed by atoms with Crippen LogP contribution in [0.3, 0.4) is 0 Å². The monoisotopic (exact) mass is 230 g/mol. The van der Waals surface area contributed by atoms with E-state index in [9.17, 15) is 9.59 Å². The minimum atomic E-state index is -1.23. The van der Waals surface area contributed by atoms with Gasteiger partial charge in [-0.25, -0.2) is 9.59 Å². The van der Waals surface area contributed by atoms with Crippen LogP contribution in [0.25, 0.3) is 0 Å². The third-order valence-corrected chi connectivity index (χ3v) is 1.15. The van der Waals surface area contributed by atoms with Gasteiger partial charge in [0.2, 0.25) is 0 Å². The molecule has 0 aliphatic rings. The molecule has 0 aliphatic heterocycles. The van der Waals surface area contributed by atoms with Gasteiger partial charge in [0, 0.05) is 11.6 Å². The average Bonchev–Trinajstić information content (AvgIpc) is 1.81. The number of carboxylic acids is 2. The Bertz CT molecular complexity index is 213. The Hall–Kier alpha value is 1.68. The van der Waals surface area contributed by atoms with Crippen LogP contribution in [0, 0.1) is 5.92 Å². The van der Waals surface area contributed by atoms with E-state index in [2.05, 4.69) is 0 Å². The van der Waals surface area contributed by atoms with Gasteiger partial charge in [-0.3, -0.25) is 0 Å². The van der Waals surface area contributed by atoms with Gasteiger partial charge in [-0.05, 0) is 5.92 Å². The Balaban J connectivity index is -0.000000167. The van der Waals surface area contributed by atoms with Gasteiger partial charge in [-0.1, -0.05) is 13.8 Å². The van der Waals surface area contributed by atoms with Gasteiger partial charge in [0.15, 0.2) is 0 Å². The molecule has 0 bridgehead atoms. The summed E-state index contributed by atoms with van der Waals surface area (Å²) in [6, 6.07) is 0. The van der Waals surface area contributed by atoms with Crippen molar-refractivity contribution in [3.05, 3.63) is 11.6 Å². The van der Waals surface area contributed by atoms with Crippen LogP contribution in [0.4, 0.5) is 0 Å². The van der Waals surface area contributed by atoms with Crippen LogP contribution in [0.2, 0.25) is 0 Å². The third-order valence-electron chi connectivity index (χ3n) is 1.15. The maximum atomic E-state index is 10.3. The molecule has 2 N–H and O–H groups in total. The Morgan fingerprint density at radius 1 is 1.07 bits per heavy atom. The molecule has 0 aromatic heterocycles. The Kier molecular flexibility index (Phi) is 22.6. The van der Waals surface area contributed by atoms with E-state index in [1.807, 2.05) is 0 Å². The third kappa shape index (κ3) is 11.8.